The van der Waals surface area contributed by atoms with Crippen LogP contribution in [0.1, 0.15) is 31.7 Å². The maximum atomic E-state index is 11.6. The highest BCUT2D eigenvalue weighted by Crippen LogP contribution is 2.23. The molecule has 1 aromatic rings. The van der Waals surface area contributed by atoms with E-state index in [2.05, 4.69) is 5.32 Å². The highest BCUT2D eigenvalue weighted by atomic mass is 16.5. The average molecular weight is 262 g/mol. The standard InChI is InChI=1S/C15H22N2O2/c1-11(16)15(18)17-13-8-5-9-14(13)19-10-12-6-3-2-4-7-12/h2-4,6-7,11,13-14H,5,8-10,16H2,1H3,(H,17,18)/t11-,13?,14?/m1/s1. The summed E-state index contributed by atoms with van der Waals surface area (Å²) >= 11 is 0. The molecule has 0 spiro atoms. The molecular weight excluding hydrogens is 240 g/mol. The van der Waals surface area contributed by atoms with Crippen LogP contribution in [0.3, 0.4) is 0 Å². The molecule has 0 aliphatic heterocycles. The highest BCUT2D eigenvalue weighted by molar-refractivity contribution is 5.81. The molecule has 0 heterocycles. The molecule has 1 aliphatic rings. The van der Waals surface area contributed by atoms with Crippen LogP contribution in [0.25, 0.3) is 0 Å². The van der Waals surface area contributed by atoms with E-state index >= 15 is 0 Å². The zero-order valence-electron chi connectivity index (χ0n) is 11.3. The Labute approximate surface area is 114 Å². The summed E-state index contributed by atoms with van der Waals surface area (Å²) in [6, 6.07) is 9.73. The lowest BCUT2D eigenvalue weighted by Gasteiger charge is -2.22. The Kier molecular flexibility index (Phi) is 4.93. The molecule has 1 amide bonds. The van der Waals surface area contributed by atoms with Crippen LogP contribution in [0.4, 0.5) is 0 Å². The summed E-state index contributed by atoms with van der Waals surface area (Å²) in [5.74, 6) is -0.0970. The summed E-state index contributed by atoms with van der Waals surface area (Å²) in [6.07, 6.45) is 3.15. The van der Waals surface area contributed by atoms with E-state index in [1.807, 2.05) is 30.3 Å². The van der Waals surface area contributed by atoms with Gasteiger partial charge >= 0.3 is 0 Å². The Morgan fingerprint density at radius 1 is 1.42 bits per heavy atom. The van der Waals surface area contributed by atoms with Crippen molar-refractivity contribution >= 4 is 5.91 Å². The second kappa shape index (κ2) is 6.68. The smallest absolute Gasteiger partial charge is 0.236 e. The highest BCUT2D eigenvalue weighted by Gasteiger charge is 2.29. The lowest BCUT2D eigenvalue weighted by atomic mass is 10.2. The fourth-order valence-electron chi connectivity index (χ4n) is 2.38. The molecule has 4 nitrogen and oxygen atoms in total. The molecule has 19 heavy (non-hydrogen) atoms. The molecule has 104 valence electrons. The van der Waals surface area contributed by atoms with Crippen LogP contribution in [0.15, 0.2) is 30.3 Å². The van der Waals surface area contributed by atoms with Crippen LogP contribution in [0.5, 0.6) is 0 Å². The van der Waals surface area contributed by atoms with Gasteiger partial charge in [-0.05, 0) is 31.7 Å². The summed E-state index contributed by atoms with van der Waals surface area (Å²) < 4.78 is 5.93. The quantitative estimate of drug-likeness (QED) is 0.847. The predicted octanol–water partition coefficient (Wildman–Crippen LogP) is 1.59. The van der Waals surface area contributed by atoms with E-state index < -0.39 is 6.04 Å². The first-order chi connectivity index (χ1) is 9.16. The Morgan fingerprint density at radius 3 is 2.84 bits per heavy atom. The molecule has 0 bridgehead atoms. The van der Waals surface area contributed by atoms with Crippen molar-refractivity contribution in [2.45, 2.75) is 51.0 Å². The van der Waals surface area contributed by atoms with Gasteiger partial charge in [0.05, 0.1) is 24.8 Å². The first-order valence-electron chi connectivity index (χ1n) is 6.88. The SMILES string of the molecule is C[C@@H](N)C(=O)NC1CCCC1OCc1ccccc1. The van der Waals surface area contributed by atoms with Gasteiger partial charge in [-0.25, -0.2) is 0 Å². The van der Waals surface area contributed by atoms with E-state index in [0.29, 0.717) is 6.61 Å². The number of hydrogen-bond donors (Lipinski definition) is 2. The number of amides is 1. The van der Waals surface area contributed by atoms with Gasteiger partial charge in [0.15, 0.2) is 0 Å². The van der Waals surface area contributed by atoms with E-state index in [1.54, 1.807) is 6.92 Å². The molecule has 4 heteroatoms. The normalized spacial score (nSPS) is 24.1. The number of nitrogens with one attached hydrogen (secondary N) is 1. The first-order valence-corrected chi connectivity index (χ1v) is 6.88. The third-order valence-corrected chi connectivity index (χ3v) is 3.50. The topological polar surface area (TPSA) is 64.4 Å². The Bertz CT molecular complexity index is 406. The third kappa shape index (κ3) is 4.04. The minimum atomic E-state index is -0.463. The summed E-state index contributed by atoms with van der Waals surface area (Å²) in [7, 11) is 0. The van der Waals surface area contributed by atoms with Crippen molar-refractivity contribution in [1.29, 1.82) is 0 Å². The van der Waals surface area contributed by atoms with Crippen molar-refractivity contribution in [2.24, 2.45) is 5.73 Å². The average Bonchev–Trinajstić information content (AvgIpc) is 2.85. The van der Waals surface area contributed by atoms with Crippen LogP contribution in [-0.4, -0.2) is 24.1 Å². The van der Waals surface area contributed by atoms with Gasteiger partial charge in [0.25, 0.3) is 0 Å². The largest absolute Gasteiger partial charge is 0.371 e. The van der Waals surface area contributed by atoms with Crippen molar-refractivity contribution in [1.82, 2.24) is 5.32 Å². The molecule has 1 aliphatic carbocycles. The summed E-state index contributed by atoms with van der Waals surface area (Å²) in [4.78, 5) is 11.6. The zero-order chi connectivity index (χ0) is 13.7. The number of ether oxygens (including phenoxy) is 1. The number of nitrogens with two attached hydrogens (primary N) is 1. The predicted molar refractivity (Wildman–Crippen MR) is 74.5 cm³/mol. The van der Waals surface area contributed by atoms with Gasteiger partial charge in [0.1, 0.15) is 0 Å². The van der Waals surface area contributed by atoms with Gasteiger partial charge < -0.3 is 15.8 Å². The van der Waals surface area contributed by atoms with Crippen LogP contribution in [0, 0.1) is 0 Å². The Morgan fingerprint density at radius 2 is 2.16 bits per heavy atom. The number of hydrogen-bond acceptors (Lipinski definition) is 3. The Hall–Kier alpha value is -1.39. The first kappa shape index (κ1) is 14.0. The molecule has 1 saturated carbocycles. The lowest BCUT2D eigenvalue weighted by molar-refractivity contribution is -0.123. The van der Waals surface area contributed by atoms with Gasteiger partial charge in [0, 0.05) is 0 Å². The maximum absolute atomic E-state index is 11.6. The van der Waals surface area contributed by atoms with Crippen LogP contribution in [0.2, 0.25) is 0 Å². The molecule has 0 aromatic heterocycles. The van der Waals surface area contributed by atoms with Crippen LogP contribution < -0.4 is 11.1 Å². The Balaban J connectivity index is 1.84. The van der Waals surface area contributed by atoms with Gasteiger partial charge in [-0.15, -0.1) is 0 Å². The lowest BCUT2D eigenvalue weighted by Crippen LogP contribution is -2.47. The van der Waals surface area contributed by atoms with Crippen molar-refractivity contribution in [3.05, 3.63) is 35.9 Å². The number of carbonyl (C=O) groups is 1. The molecule has 0 radical (unpaired) electrons. The van der Waals surface area contributed by atoms with E-state index in [9.17, 15) is 4.79 Å². The molecule has 2 rings (SSSR count). The van der Waals surface area contributed by atoms with Crippen molar-refractivity contribution in [3.63, 3.8) is 0 Å². The monoisotopic (exact) mass is 262 g/mol. The van der Waals surface area contributed by atoms with Crippen molar-refractivity contribution in [2.75, 3.05) is 0 Å². The third-order valence-electron chi connectivity index (χ3n) is 3.50. The molecule has 3 N–H and O–H groups in total. The summed E-state index contributed by atoms with van der Waals surface area (Å²) in [6.45, 7) is 2.29. The number of rotatable bonds is 5. The van der Waals surface area contributed by atoms with Gasteiger partial charge in [-0.2, -0.15) is 0 Å². The summed E-state index contributed by atoms with van der Waals surface area (Å²) in [5, 5.41) is 2.98. The van der Waals surface area contributed by atoms with E-state index in [-0.39, 0.29) is 18.1 Å². The fourth-order valence-corrected chi connectivity index (χ4v) is 2.38. The molecule has 0 saturated heterocycles. The van der Waals surface area contributed by atoms with E-state index in [4.69, 9.17) is 10.5 Å². The molecule has 1 fully saturated rings. The van der Waals surface area contributed by atoms with Gasteiger partial charge in [-0.3, -0.25) is 4.79 Å². The van der Waals surface area contributed by atoms with E-state index in [0.717, 1.165) is 24.8 Å². The molecule has 2 unspecified atom stereocenters. The molecule has 3 atom stereocenters. The zero-order valence-corrected chi connectivity index (χ0v) is 11.3. The minimum Gasteiger partial charge on any atom is -0.371 e. The van der Waals surface area contributed by atoms with Gasteiger partial charge in [-0.1, -0.05) is 30.3 Å². The minimum absolute atomic E-state index is 0.0970. The van der Waals surface area contributed by atoms with Crippen LogP contribution >= 0.6 is 0 Å². The maximum Gasteiger partial charge on any atom is 0.236 e. The fraction of sp³-hybridized carbons (Fsp3) is 0.533. The number of benzene rings is 1. The molecule has 1 aromatic carbocycles. The second-order valence-corrected chi connectivity index (χ2v) is 5.17. The summed E-state index contributed by atoms with van der Waals surface area (Å²) in [5.41, 5.74) is 6.73. The van der Waals surface area contributed by atoms with Crippen LogP contribution in [-0.2, 0) is 16.1 Å². The van der Waals surface area contributed by atoms with E-state index in [1.165, 1.54) is 0 Å². The van der Waals surface area contributed by atoms with Gasteiger partial charge in [0.2, 0.25) is 5.91 Å². The second-order valence-electron chi connectivity index (χ2n) is 5.17. The number of carbonyl (C=O) groups excluding carboxylic acids is 1. The van der Waals surface area contributed by atoms with Crippen molar-refractivity contribution in [3.8, 4) is 0 Å². The van der Waals surface area contributed by atoms with Crippen molar-refractivity contribution < 1.29 is 9.53 Å². The molecular formula is C15H22N2O2.